The average molecular weight is 221 g/mol. The van der Waals surface area contributed by atoms with E-state index >= 15 is 0 Å². The van der Waals surface area contributed by atoms with E-state index in [0.717, 1.165) is 13.0 Å². The van der Waals surface area contributed by atoms with Crippen molar-refractivity contribution in [3.8, 4) is 0 Å². The molecule has 0 aliphatic carbocycles. The molecule has 4 heteroatoms. The predicted molar refractivity (Wildman–Crippen MR) is 65.7 cm³/mol. The van der Waals surface area contributed by atoms with Crippen LogP contribution in [0.2, 0.25) is 0 Å². The molecule has 0 unspecified atom stereocenters. The van der Waals surface area contributed by atoms with E-state index in [9.17, 15) is 4.79 Å². The van der Waals surface area contributed by atoms with Crippen LogP contribution in [0.15, 0.2) is 18.3 Å². The van der Waals surface area contributed by atoms with Crippen molar-refractivity contribution in [3.05, 3.63) is 23.9 Å². The molecule has 0 bridgehead atoms. The highest BCUT2D eigenvalue weighted by Crippen LogP contribution is 2.13. The zero-order valence-electron chi connectivity index (χ0n) is 10.2. The van der Waals surface area contributed by atoms with E-state index in [0.29, 0.717) is 17.9 Å². The van der Waals surface area contributed by atoms with E-state index in [1.807, 2.05) is 6.92 Å². The number of hydrogen-bond donors (Lipinski definition) is 1. The van der Waals surface area contributed by atoms with Crippen LogP contribution >= 0.6 is 0 Å². The van der Waals surface area contributed by atoms with Gasteiger partial charge >= 0.3 is 0 Å². The first kappa shape index (κ1) is 12.5. The first-order chi connectivity index (χ1) is 7.70. The minimum atomic E-state index is 0.00852. The van der Waals surface area contributed by atoms with Gasteiger partial charge in [-0.05, 0) is 25.5 Å². The molecule has 16 heavy (non-hydrogen) atoms. The molecule has 1 N–H and O–H groups in total. The summed E-state index contributed by atoms with van der Waals surface area (Å²) >= 11 is 0. The zero-order chi connectivity index (χ0) is 12.0. The third-order valence-corrected chi connectivity index (χ3v) is 2.40. The molecule has 1 aromatic rings. The van der Waals surface area contributed by atoms with Gasteiger partial charge in [0.2, 0.25) is 0 Å². The number of hydrogen-bond acceptors (Lipinski definition) is 3. The van der Waals surface area contributed by atoms with Gasteiger partial charge in [-0.2, -0.15) is 0 Å². The molecule has 0 atom stereocenters. The molecule has 88 valence electrons. The van der Waals surface area contributed by atoms with Crippen molar-refractivity contribution in [1.29, 1.82) is 0 Å². The van der Waals surface area contributed by atoms with Gasteiger partial charge < -0.3 is 10.2 Å². The molecule has 0 radical (unpaired) electrons. The monoisotopic (exact) mass is 221 g/mol. The Hall–Kier alpha value is -1.58. The van der Waals surface area contributed by atoms with Crippen LogP contribution in [0.4, 0.5) is 5.82 Å². The second-order valence-corrected chi connectivity index (χ2v) is 3.65. The molecule has 0 aromatic carbocycles. The van der Waals surface area contributed by atoms with Crippen molar-refractivity contribution >= 4 is 11.7 Å². The molecular weight excluding hydrogens is 202 g/mol. The maximum Gasteiger partial charge on any atom is 0.257 e. The van der Waals surface area contributed by atoms with Gasteiger partial charge in [0.1, 0.15) is 5.82 Å². The second-order valence-electron chi connectivity index (χ2n) is 3.65. The highest BCUT2D eigenvalue weighted by molar-refractivity contribution is 5.98. The molecule has 0 saturated carbocycles. The van der Waals surface area contributed by atoms with Crippen molar-refractivity contribution < 1.29 is 4.79 Å². The summed E-state index contributed by atoms with van der Waals surface area (Å²) in [4.78, 5) is 17.9. The van der Waals surface area contributed by atoms with Crippen LogP contribution in [0.1, 0.15) is 30.6 Å². The lowest BCUT2D eigenvalue weighted by molar-refractivity contribution is 0.0803. The van der Waals surface area contributed by atoms with Crippen LogP contribution in [-0.2, 0) is 0 Å². The molecule has 0 aliphatic heterocycles. The lowest BCUT2D eigenvalue weighted by Crippen LogP contribution is -2.27. The molecule has 0 fully saturated rings. The lowest BCUT2D eigenvalue weighted by atomic mass is 10.2. The lowest BCUT2D eigenvalue weighted by Gasteiger charge is -2.16. The largest absolute Gasteiger partial charge is 0.369 e. The van der Waals surface area contributed by atoms with E-state index in [1.54, 1.807) is 30.3 Å². The number of carbonyl (C=O) groups is 1. The summed E-state index contributed by atoms with van der Waals surface area (Å²) in [5.74, 6) is 0.684. The van der Waals surface area contributed by atoms with Gasteiger partial charge in [0, 0.05) is 26.3 Å². The number of anilines is 1. The third-order valence-electron chi connectivity index (χ3n) is 2.40. The summed E-state index contributed by atoms with van der Waals surface area (Å²) < 4.78 is 0. The minimum Gasteiger partial charge on any atom is -0.369 e. The second kappa shape index (κ2) is 6.10. The number of pyridine rings is 1. The van der Waals surface area contributed by atoms with Gasteiger partial charge in [0.25, 0.3) is 5.91 Å². The van der Waals surface area contributed by atoms with Crippen molar-refractivity contribution in [2.45, 2.75) is 20.3 Å². The summed E-state index contributed by atoms with van der Waals surface area (Å²) in [6.07, 6.45) is 2.70. The third kappa shape index (κ3) is 2.95. The van der Waals surface area contributed by atoms with Crippen LogP contribution < -0.4 is 5.32 Å². The topological polar surface area (TPSA) is 45.2 Å². The highest BCUT2D eigenvalue weighted by Gasteiger charge is 2.14. The Bertz CT molecular complexity index is 352. The van der Waals surface area contributed by atoms with E-state index in [4.69, 9.17) is 0 Å². The fraction of sp³-hybridized carbons (Fsp3) is 0.500. The Labute approximate surface area is 96.7 Å². The summed E-state index contributed by atoms with van der Waals surface area (Å²) in [5, 5.41) is 3.16. The number of aromatic nitrogens is 1. The van der Waals surface area contributed by atoms with Gasteiger partial charge in [-0.3, -0.25) is 4.79 Å². The van der Waals surface area contributed by atoms with Crippen molar-refractivity contribution in [2.24, 2.45) is 0 Å². The van der Waals surface area contributed by atoms with Crippen LogP contribution in [0.25, 0.3) is 0 Å². The number of amides is 1. The predicted octanol–water partition coefficient (Wildman–Crippen LogP) is 2.00. The molecule has 4 nitrogen and oxygen atoms in total. The SMILES string of the molecule is CCCNc1ncccc1C(=O)N(C)CC. The van der Waals surface area contributed by atoms with Gasteiger partial charge in [-0.25, -0.2) is 4.98 Å². The Morgan fingerprint density at radius 3 is 2.88 bits per heavy atom. The fourth-order valence-corrected chi connectivity index (χ4v) is 1.31. The molecule has 1 rings (SSSR count). The quantitative estimate of drug-likeness (QED) is 0.827. The van der Waals surface area contributed by atoms with Gasteiger partial charge in [0.15, 0.2) is 0 Å². The van der Waals surface area contributed by atoms with E-state index in [1.165, 1.54) is 0 Å². The van der Waals surface area contributed by atoms with Gasteiger partial charge in [0.05, 0.1) is 5.56 Å². The van der Waals surface area contributed by atoms with E-state index in [-0.39, 0.29) is 5.91 Å². The van der Waals surface area contributed by atoms with Crippen LogP contribution in [0.5, 0.6) is 0 Å². The molecule has 0 aliphatic rings. The van der Waals surface area contributed by atoms with Gasteiger partial charge in [-0.15, -0.1) is 0 Å². The standard InChI is InChI=1S/C12H19N3O/c1-4-8-13-11-10(7-6-9-14-11)12(16)15(3)5-2/h6-7,9H,4-5,8H2,1-3H3,(H,13,14). The smallest absolute Gasteiger partial charge is 0.257 e. The van der Waals surface area contributed by atoms with Crippen molar-refractivity contribution in [3.63, 3.8) is 0 Å². The summed E-state index contributed by atoms with van der Waals surface area (Å²) in [6.45, 7) is 5.55. The maximum absolute atomic E-state index is 12.0. The van der Waals surface area contributed by atoms with Crippen LogP contribution in [0, 0.1) is 0 Å². The van der Waals surface area contributed by atoms with Crippen molar-refractivity contribution in [2.75, 3.05) is 25.5 Å². The molecule has 0 spiro atoms. The molecule has 1 aromatic heterocycles. The zero-order valence-corrected chi connectivity index (χ0v) is 10.2. The van der Waals surface area contributed by atoms with Crippen LogP contribution in [-0.4, -0.2) is 35.9 Å². The number of carbonyl (C=O) groups excluding carboxylic acids is 1. The highest BCUT2D eigenvalue weighted by atomic mass is 16.2. The average Bonchev–Trinajstić information content (AvgIpc) is 2.34. The Morgan fingerprint density at radius 2 is 2.25 bits per heavy atom. The first-order valence-electron chi connectivity index (χ1n) is 5.65. The molecular formula is C12H19N3O. The van der Waals surface area contributed by atoms with Crippen LogP contribution in [0.3, 0.4) is 0 Å². The maximum atomic E-state index is 12.0. The normalized spacial score (nSPS) is 9.94. The Balaban J connectivity index is 2.89. The molecule has 1 heterocycles. The fourth-order valence-electron chi connectivity index (χ4n) is 1.31. The number of nitrogens with zero attached hydrogens (tertiary/aromatic N) is 2. The van der Waals surface area contributed by atoms with Gasteiger partial charge in [-0.1, -0.05) is 6.92 Å². The van der Waals surface area contributed by atoms with E-state index in [2.05, 4.69) is 17.2 Å². The molecule has 1 amide bonds. The Morgan fingerprint density at radius 1 is 1.50 bits per heavy atom. The number of rotatable bonds is 5. The Kier molecular flexibility index (Phi) is 4.76. The summed E-state index contributed by atoms with van der Waals surface area (Å²) in [6, 6.07) is 3.59. The molecule has 0 saturated heterocycles. The summed E-state index contributed by atoms with van der Waals surface area (Å²) in [5.41, 5.74) is 0.639. The van der Waals surface area contributed by atoms with E-state index < -0.39 is 0 Å². The minimum absolute atomic E-state index is 0.00852. The number of nitrogens with one attached hydrogen (secondary N) is 1. The van der Waals surface area contributed by atoms with Crippen molar-refractivity contribution in [1.82, 2.24) is 9.88 Å². The summed E-state index contributed by atoms with van der Waals surface area (Å²) in [7, 11) is 1.79. The first-order valence-corrected chi connectivity index (χ1v) is 5.65.